The van der Waals surface area contributed by atoms with E-state index in [4.69, 9.17) is 16.0 Å². The quantitative estimate of drug-likeness (QED) is 0.375. The van der Waals surface area contributed by atoms with E-state index in [9.17, 15) is 23.8 Å². The Bertz CT molecular complexity index is 678. The first kappa shape index (κ1) is 16.1. The normalized spacial score (nSPS) is 31.0. The van der Waals surface area contributed by atoms with Gasteiger partial charge in [0.05, 0.1) is 19.3 Å². The molecule has 0 aliphatic carbocycles. The van der Waals surface area contributed by atoms with Gasteiger partial charge in [-0.25, -0.2) is 13.6 Å². The molecule has 1 fully saturated rings. The number of aromatic nitrogens is 2. The lowest BCUT2D eigenvalue weighted by Gasteiger charge is -2.27. The number of aliphatic hydroxyl groups is 2. The maximum atomic E-state index is 14.2. The predicted molar refractivity (Wildman–Crippen MR) is 67.7 cm³/mol. The molecule has 4 atom stereocenters. The molecular weight excluding hydrogens is 306 g/mol. The van der Waals surface area contributed by atoms with E-state index in [1.54, 1.807) is 0 Å². The fourth-order valence-electron chi connectivity index (χ4n) is 2.13. The smallest absolute Gasteiger partial charge is 0.351 e. The molecule has 2 rings (SSSR count). The lowest BCUT2D eigenvalue weighted by molar-refractivity contribution is -0.122. The van der Waals surface area contributed by atoms with Gasteiger partial charge in [-0.05, 0) is 5.53 Å². The fourth-order valence-corrected chi connectivity index (χ4v) is 2.13. The maximum absolute atomic E-state index is 14.2. The van der Waals surface area contributed by atoms with E-state index in [1.807, 2.05) is 0 Å². The number of ether oxygens (including phenoxy) is 1. The number of nitrogen functional groups attached to an aromatic ring is 1. The molecule has 1 aliphatic heterocycles. The summed E-state index contributed by atoms with van der Waals surface area (Å²) in [6.07, 6.45) is -5.27. The molecule has 1 aliphatic rings. The highest BCUT2D eigenvalue weighted by Crippen LogP contribution is 2.38. The van der Waals surface area contributed by atoms with Gasteiger partial charge in [0, 0.05) is 4.91 Å². The summed E-state index contributed by atoms with van der Waals surface area (Å²) in [6, 6.07) is 0. The second-order valence-electron chi connectivity index (χ2n) is 4.67. The summed E-state index contributed by atoms with van der Waals surface area (Å²) in [5.41, 5.74) is 10.4. The Kier molecular flexibility index (Phi) is 4.28. The highest BCUT2D eigenvalue weighted by atomic mass is 19.1. The van der Waals surface area contributed by atoms with Crippen molar-refractivity contribution in [3.05, 3.63) is 32.9 Å². The van der Waals surface area contributed by atoms with Crippen molar-refractivity contribution < 1.29 is 23.7 Å². The van der Waals surface area contributed by atoms with Gasteiger partial charge in [-0.1, -0.05) is 5.11 Å². The van der Waals surface area contributed by atoms with Crippen LogP contribution in [0.3, 0.4) is 0 Å². The first-order valence-corrected chi connectivity index (χ1v) is 6.02. The average Bonchev–Trinajstić information content (AvgIpc) is 2.74. The number of nitrogens with zero attached hydrogens (tertiary/aromatic N) is 5. The first-order chi connectivity index (χ1) is 10.4. The standard InChI is InChI=1S/C10H12F2N6O4/c11-4-1-18(9(21)16-7(4)13)8-5(12)6(20)10(3-19,22-8)2-15-17-14/h1,5-6,8,19-20H,2-3H2,(H2,13,16,21)/t5-,6-,8+,10+/m0/s1. The number of anilines is 1. The van der Waals surface area contributed by atoms with Crippen LogP contribution in [0.4, 0.5) is 14.6 Å². The van der Waals surface area contributed by atoms with E-state index >= 15 is 0 Å². The van der Waals surface area contributed by atoms with Crippen LogP contribution >= 0.6 is 0 Å². The number of rotatable bonds is 4. The van der Waals surface area contributed by atoms with Crippen LogP contribution in [0.1, 0.15) is 6.23 Å². The number of alkyl halides is 1. The Balaban J connectivity index is 2.44. The first-order valence-electron chi connectivity index (χ1n) is 6.02. The van der Waals surface area contributed by atoms with E-state index in [0.29, 0.717) is 10.8 Å². The third kappa shape index (κ3) is 2.48. The van der Waals surface area contributed by atoms with Crippen molar-refractivity contribution in [1.82, 2.24) is 9.55 Å². The zero-order valence-electron chi connectivity index (χ0n) is 11.0. The maximum Gasteiger partial charge on any atom is 0.351 e. The molecule has 0 aromatic carbocycles. The minimum Gasteiger partial charge on any atom is -0.393 e. The van der Waals surface area contributed by atoms with Gasteiger partial charge < -0.3 is 20.7 Å². The largest absolute Gasteiger partial charge is 0.393 e. The van der Waals surface area contributed by atoms with E-state index in [0.717, 1.165) is 0 Å². The molecule has 0 bridgehead atoms. The Morgan fingerprint density at radius 1 is 1.68 bits per heavy atom. The fraction of sp³-hybridized carbons (Fsp3) is 0.600. The third-order valence-corrected chi connectivity index (χ3v) is 3.35. The topological polar surface area (TPSA) is 159 Å². The van der Waals surface area contributed by atoms with Crippen molar-refractivity contribution in [1.29, 1.82) is 0 Å². The van der Waals surface area contributed by atoms with Crippen LogP contribution in [0, 0.1) is 5.82 Å². The van der Waals surface area contributed by atoms with Crippen LogP contribution in [0.5, 0.6) is 0 Å². The molecule has 2 heterocycles. The molecule has 22 heavy (non-hydrogen) atoms. The average molecular weight is 318 g/mol. The van der Waals surface area contributed by atoms with Gasteiger partial charge in [0.25, 0.3) is 0 Å². The Hall–Kier alpha value is -2.27. The number of azide groups is 1. The van der Waals surface area contributed by atoms with Crippen molar-refractivity contribution in [3.63, 3.8) is 0 Å². The van der Waals surface area contributed by atoms with Gasteiger partial charge >= 0.3 is 5.69 Å². The monoisotopic (exact) mass is 318 g/mol. The molecule has 0 radical (unpaired) electrons. The minimum atomic E-state index is -2.19. The van der Waals surface area contributed by atoms with Crippen LogP contribution in [0.2, 0.25) is 0 Å². The molecule has 0 spiro atoms. The zero-order valence-corrected chi connectivity index (χ0v) is 11.0. The number of hydrogen-bond donors (Lipinski definition) is 3. The lowest BCUT2D eigenvalue weighted by atomic mass is 9.97. The molecule has 10 nitrogen and oxygen atoms in total. The van der Waals surface area contributed by atoms with Gasteiger partial charge in [0.15, 0.2) is 24.0 Å². The number of halogens is 2. The third-order valence-electron chi connectivity index (χ3n) is 3.35. The number of aliphatic hydroxyl groups excluding tert-OH is 2. The molecule has 0 unspecified atom stereocenters. The molecule has 120 valence electrons. The van der Waals surface area contributed by atoms with E-state index < -0.39 is 54.6 Å². The second-order valence-corrected chi connectivity index (χ2v) is 4.67. The van der Waals surface area contributed by atoms with Gasteiger partial charge in [-0.3, -0.25) is 4.57 Å². The molecular formula is C10H12F2N6O4. The zero-order chi connectivity index (χ0) is 16.5. The number of hydrogen-bond acceptors (Lipinski definition) is 7. The van der Waals surface area contributed by atoms with Crippen molar-refractivity contribution in [2.45, 2.75) is 24.1 Å². The molecule has 1 saturated heterocycles. The van der Waals surface area contributed by atoms with Gasteiger partial charge in [-0.2, -0.15) is 4.98 Å². The second kappa shape index (κ2) is 5.85. The highest BCUT2D eigenvalue weighted by molar-refractivity contribution is 5.26. The van der Waals surface area contributed by atoms with Crippen molar-refractivity contribution in [2.75, 3.05) is 18.9 Å². The van der Waals surface area contributed by atoms with E-state index in [-0.39, 0.29) is 0 Å². The summed E-state index contributed by atoms with van der Waals surface area (Å²) >= 11 is 0. The lowest BCUT2D eigenvalue weighted by Crippen LogP contribution is -2.48. The van der Waals surface area contributed by atoms with Crippen molar-refractivity contribution >= 4 is 5.82 Å². The van der Waals surface area contributed by atoms with Crippen LogP contribution in [-0.4, -0.2) is 50.8 Å². The summed E-state index contributed by atoms with van der Waals surface area (Å²) in [5, 5.41) is 22.4. The minimum absolute atomic E-state index is 0.465. The summed E-state index contributed by atoms with van der Waals surface area (Å²) in [4.78, 5) is 17.3. The molecule has 12 heteroatoms. The molecule has 1 aromatic heterocycles. The molecule has 1 aromatic rings. The molecule has 0 amide bonds. The van der Waals surface area contributed by atoms with Gasteiger partial charge in [0.2, 0.25) is 0 Å². The van der Waals surface area contributed by atoms with Gasteiger partial charge in [0.1, 0.15) is 11.7 Å². The summed E-state index contributed by atoms with van der Waals surface area (Å²) < 4.78 is 33.3. The van der Waals surface area contributed by atoms with E-state index in [1.165, 1.54) is 0 Å². The molecule has 0 saturated carbocycles. The SMILES string of the molecule is [N-]=[N+]=NC[C@]1(CO)O[C@@H](n2cc(F)c(N)nc2=O)[C@@H](F)[C@@H]1O. The highest BCUT2D eigenvalue weighted by Gasteiger charge is 2.55. The Morgan fingerprint density at radius 3 is 2.95 bits per heavy atom. The van der Waals surface area contributed by atoms with Crippen LogP contribution in [-0.2, 0) is 4.74 Å². The van der Waals surface area contributed by atoms with E-state index in [2.05, 4.69) is 15.0 Å². The molecule has 4 N–H and O–H groups in total. The summed E-state index contributed by atoms with van der Waals surface area (Å²) in [7, 11) is 0. The van der Waals surface area contributed by atoms with Crippen molar-refractivity contribution in [3.8, 4) is 0 Å². The van der Waals surface area contributed by atoms with Crippen LogP contribution in [0.25, 0.3) is 10.4 Å². The Morgan fingerprint density at radius 2 is 2.36 bits per heavy atom. The van der Waals surface area contributed by atoms with Crippen molar-refractivity contribution in [2.24, 2.45) is 5.11 Å². The Labute approximate surface area is 121 Å². The van der Waals surface area contributed by atoms with Crippen LogP contribution in [0.15, 0.2) is 16.1 Å². The number of nitrogens with two attached hydrogens (primary N) is 1. The summed E-state index contributed by atoms with van der Waals surface area (Å²) in [5.74, 6) is -1.75. The van der Waals surface area contributed by atoms with Gasteiger partial charge in [-0.15, -0.1) is 0 Å². The predicted octanol–water partition coefficient (Wildman–Crippen LogP) is -0.766. The van der Waals surface area contributed by atoms with Crippen LogP contribution < -0.4 is 11.4 Å². The summed E-state index contributed by atoms with van der Waals surface area (Å²) in [6.45, 7) is -1.47.